The van der Waals surface area contributed by atoms with Crippen LogP contribution in [0.4, 0.5) is 4.79 Å². The number of aromatic nitrogens is 1. The molecule has 0 unspecified atom stereocenters. The summed E-state index contributed by atoms with van der Waals surface area (Å²) >= 11 is 0. The lowest BCUT2D eigenvalue weighted by molar-refractivity contribution is -0.147. The van der Waals surface area contributed by atoms with Gasteiger partial charge in [0.2, 0.25) is 0 Å². The fourth-order valence-corrected chi connectivity index (χ4v) is 6.17. The molecular formula is C41H45N5O6. The highest BCUT2D eigenvalue weighted by Crippen LogP contribution is 2.32. The molecule has 1 aliphatic carbocycles. The minimum absolute atomic E-state index is 0.0774. The van der Waals surface area contributed by atoms with Crippen molar-refractivity contribution in [1.82, 2.24) is 26.1 Å². The first-order valence-corrected chi connectivity index (χ1v) is 17.1. The Morgan fingerprint density at radius 2 is 1.62 bits per heavy atom. The maximum absolute atomic E-state index is 14.3. The number of hydrazine groups is 1. The van der Waals surface area contributed by atoms with E-state index in [4.69, 9.17) is 4.74 Å². The number of carbonyl (C=O) groups excluding carboxylic acids is 3. The molecule has 52 heavy (non-hydrogen) atoms. The second kappa shape index (κ2) is 16.7. The number of rotatable bonds is 11. The van der Waals surface area contributed by atoms with Crippen LogP contribution in [0.1, 0.15) is 60.3 Å². The quantitative estimate of drug-likeness (QED) is 0.117. The third-order valence-electron chi connectivity index (χ3n) is 8.88. The van der Waals surface area contributed by atoms with E-state index in [9.17, 15) is 24.6 Å². The number of hydrogen-bond acceptors (Lipinski definition) is 8. The van der Waals surface area contributed by atoms with Gasteiger partial charge >= 0.3 is 6.09 Å². The van der Waals surface area contributed by atoms with Gasteiger partial charge in [0.1, 0.15) is 11.7 Å². The molecule has 270 valence electrons. The maximum atomic E-state index is 14.3. The highest BCUT2D eigenvalue weighted by atomic mass is 16.5. The van der Waals surface area contributed by atoms with Crippen LogP contribution in [0.2, 0.25) is 0 Å². The van der Waals surface area contributed by atoms with Crippen molar-refractivity contribution in [2.75, 3.05) is 13.7 Å². The van der Waals surface area contributed by atoms with Gasteiger partial charge in [-0.05, 0) is 57.9 Å². The number of benzene rings is 3. The molecule has 11 nitrogen and oxygen atoms in total. The molecular weight excluding hydrogens is 658 g/mol. The summed E-state index contributed by atoms with van der Waals surface area (Å²) in [5.41, 5.74) is 4.57. The molecule has 0 aliphatic heterocycles. The highest BCUT2D eigenvalue weighted by molar-refractivity contribution is 5.87. The van der Waals surface area contributed by atoms with Gasteiger partial charge in [-0.1, -0.05) is 99.5 Å². The van der Waals surface area contributed by atoms with Gasteiger partial charge in [0, 0.05) is 31.1 Å². The standard InChI is InChI=1S/C41H45N5O6/c1-40(2,3)36(44-39(50)52-4)37(48)45-46(26-30-19-17-28(18-20-30)21-22-32-15-10-11-23-42-32)27-41(51,25-29-12-6-5-7-13-29)38(49)43-35-33-16-9-8-14-31(33)24-34(35)47/h5-20,23,34-36,47,51H,24-27H2,1-4H3,(H,43,49)(H,44,50)(H,45,48)/t34-,35+,36-,41-/m1/s1. The van der Waals surface area contributed by atoms with Crippen molar-refractivity contribution in [2.24, 2.45) is 5.41 Å². The van der Waals surface area contributed by atoms with Crippen LogP contribution >= 0.6 is 0 Å². The number of fused-ring (bicyclic) bond motifs is 1. The predicted octanol–water partition coefficient (Wildman–Crippen LogP) is 3.83. The molecule has 5 N–H and O–H groups in total. The smallest absolute Gasteiger partial charge is 0.407 e. The lowest BCUT2D eigenvalue weighted by Gasteiger charge is -2.37. The summed E-state index contributed by atoms with van der Waals surface area (Å²) in [5, 5.41) is 30.3. The van der Waals surface area contributed by atoms with Gasteiger partial charge in [0.15, 0.2) is 5.60 Å². The van der Waals surface area contributed by atoms with Crippen molar-refractivity contribution < 1.29 is 29.3 Å². The summed E-state index contributed by atoms with van der Waals surface area (Å²) in [6, 6.07) is 27.7. The van der Waals surface area contributed by atoms with Gasteiger partial charge < -0.3 is 25.6 Å². The van der Waals surface area contributed by atoms with Crippen molar-refractivity contribution >= 4 is 17.9 Å². The molecule has 5 rings (SSSR count). The number of aliphatic hydroxyl groups excluding tert-OH is 1. The monoisotopic (exact) mass is 703 g/mol. The normalized spacial score (nSPS) is 16.8. The number of methoxy groups -OCH3 is 1. The topological polar surface area (TPSA) is 153 Å². The number of pyridine rings is 1. The molecule has 1 aromatic heterocycles. The molecule has 4 aromatic rings. The van der Waals surface area contributed by atoms with E-state index < -0.39 is 47.1 Å². The number of aliphatic hydroxyl groups is 2. The number of amides is 3. The Labute approximate surface area is 304 Å². The van der Waals surface area contributed by atoms with E-state index in [1.807, 2.05) is 97.1 Å². The van der Waals surface area contributed by atoms with Crippen molar-refractivity contribution in [2.45, 2.75) is 63.9 Å². The van der Waals surface area contributed by atoms with Crippen LogP contribution in [-0.2, 0) is 33.7 Å². The van der Waals surface area contributed by atoms with Gasteiger partial charge in [-0.2, -0.15) is 0 Å². The SMILES string of the molecule is COC(=O)N[C@H](C(=O)NN(Cc1ccc(C#Cc2ccccn2)cc1)C[C@](O)(Cc1ccccc1)C(=O)N[C@H]1c2ccccc2C[C@H]1O)C(C)(C)C. The molecule has 4 atom stereocenters. The molecule has 1 heterocycles. The predicted molar refractivity (Wildman–Crippen MR) is 196 cm³/mol. The number of nitrogens with zero attached hydrogens (tertiary/aromatic N) is 2. The molecule has 11 heteroatoms. The summed E-state index contributed by atoms with van der Waals surface area (Å²) in [6.07, 6.45) is 0.287. The average Bonchev–Trinajstić information content (AvgIpc) is 3.44. The zero-order valence-electron chi connectivity index (χ0n) is 29.8. The fourth-order valence-electron chi connectivity index (χ4n) is 6.17. The van der Waals surface area contributed by atoms with Crippen LogP contribution in [0, 0.1) is 17.3 Å². The minimum Gasteiger partial charge on any atom is -0.453 e. The molecule has 3 amide bonds. The lowest BCUT2D eigenvalue weighted by Crippen LogP contribution is -2.62. The highest BCUT2D eigenvalue weighted by Gasteiger charge is 2.43. The molecule has 0 saturated carbocycles. The zero-order chi connectivity index (χ0) is 37.3. The molecule has 3 aromatic carbocycles. The Morgan fingerprint density at radius 1 is 0.923 bits per heavy atom. The van der Waals surface area contributed by atoms with Crippen LogP contribution in [0.15, 0.2) is 103 Å². The van der Waals surface area contributed by atoms with Crippen molar-refractivity contribution in [3.8, 4) is 11.8 Å². The Morgan fingerprint density at radius 3 is 2.29 bits per heavy atom. The van der Waals surface area contributed by atoms with Crippen LogP contribution < -0.4 is 16.1 Å². The van der Waals surface area contributed by atoms with Crippen LogP contribution in [0.3, 0.4) is 0 Å². The van der Waals surface area contributed by atoms with Crippen LogP contribution in [0.5, 0.6) is 0 Å². The average molecular weight is 704 g/mol. The zero-order valence-corrected chi connectivity index (χ0v) is 29.8. The van der Waals surface area contributed by atoms with Gasteiger partial charge in [0.05, 0.1) is 25.8 Å². The molecule has 0 spiro atoms. The summed E-state index contributed by atoms with van der Waals surface area (Å²) in [6.45, 7) is 5.12. The summed E-state index contributed by atoms with van der Waals surface area (Å²) < 4.78 is 4.79. The maximum Gasteiger partial charge on any atom is 0.407 e. The van der Waals surface area contributed by atoms with E-state index in [2.05, 4.69) is 32.9 Å². The van der Waals surface area contributed by atoms with Gasteiger partial charge in [-0.25, -0.2) is 14.8 Å². The Hall–Kier alpha value is -5.54. The first-order chi connectivity index (χ1) is 24.8. The lowest BCUT2D eigenvalue weighted by atomic mass is 9.86. The molecule has 0 saturated heterocycles. The third-order valence-corrected chi connectivity index (χ3v) is 8.88. The van der Waals surface area contributed by atoms with E-state index in [1.165, 1.54) is 12.1 Å². The molecule has 0 radical (unpaired) electrons. The van der Waals surface area contributed by atoms with Gasteiger partial charge in [-0.3, -0.25) is 15.0 Å². The van der Waals surface area contributed by atoms with E-state index in [-0.39, 0.29) is 19.5 Å². The molecule has 1 aliphatic rings. The van der Waals surface area contributed by atoms with E-state index in [0.717, 1.165) is 22.3 Å². The fraction of sp³-hybridized carbons (Fsp3) is 0.317. The number of alkyl carbamates (subject to hydrolysis) is 1. The third kappa shape index (κ3) is 9.82. The van der Waals surface area contributed by atoms with Crippen LogP contribution in [0.25, 0.3) is 0 Å². The Bertz CT molecular complexity index is 1900. The number of ether oxygens (including phenoxy) is 1. The largest absolute Gasteiger partial charge is 0.453 e. The number of nitrogens with one attached hydrogen (secondary N) is 3. The second-order valence-corrected chi connectivity index (χ2v) is 14.0. The minimum atomic E-state index is -2.09. The Kier molecular flexibility index (Phi) is 12.1. The van der Waals surface area contributed by atoms with Crippen LogP contribution in [-0.4, -0.2) is 69.5 Å². The number of hydrogen-bond donors (Lipinski definition) is 5. The number of carbonyl (C=O) groups is 3. The second-order valence-electron chi connectivity index (χ2n) is 14.0. The van der Waals surface area contributed by atoms with Gasteiger partial charge in [-0.15, -0.1) is 0 Å². The van der Waals surface area contributed by atoms with E-state index in [1.54, 1.807) is 27.0 Å². The first kappa shape index (κ1) is 37.7. The van der Waals surface area contributed by atoms with E-state index in [0.29, 0.717) is 17.7 Å². The molecule has 0 bridgehead atoms. The van der Waals surface area contributed by atoms with Gasteiger partial charge in [0.25, 0.3) is 11.8 Å². The summed E-state index contributed by atoms with van der Waals surface area (Å²) in [7, 11) is 1.21. The van der Waals surface area contributed by atoms with E-state index >= 15 is 0 Å². The summed E-state index contributed by atoms with van der Waals surface area (Å²) in [4.78, 5) is 44.7. The summed E-state index contributed by atoms with van der Waals surface area (Å²) in [5.74, 6) is 4.84. The molecule has 0 fully saturated rings. The van der Waals surface area contributed by atoms with Crippen molar-refractivity contribution in [3.05, 3.63) is 137 Å². The Balaban J connectivity index is 1.46. The van der Waals surface area contributed by atoms with Crippen molar-refractivity contribution in [1.29, 1.82) is 0 Å². The first-order valence-electron chi connectivity index (χ1n) is 17.1. The van der Waals surface area contributed by atoms with Crippen molar-refractivity contribution in [3.63, 3.8) is 0 Å².